The number of hydrogen-bond donors (Lipinski definition) is 5. The number of imidazole rings is 1. The molecule has 0 aliphatic heterocycles. The van der Waals surface area contributed by atoms with Crippen molar-refractivity contribution in [1.29, 1.82) is 0 Å². The quantitative estimate of drug-likeness (QED) is 0.416. The summed E-state index contributed by atoms with van der Waals surface area (Å²) in [6, 6.07) is -1.37. The van der Waals surface area contributed by atoms with Crippen LogP contribution in [-0.2, 0) is 15.8 Å². The van der Waals surface area contributed by atoms with Crippen LogP contribution in [-0.4, -0.2) is 36.9 Å². The number of rotatable bonds is 5. The van der Waals surface area contributed by atoms with Gasteiger partial charge in [-0.25, -0.2) is 14.6 Å². The number of hydrogen-bond acceptors (Lipinski definition) is 3. The van der Waals surface area contributed by atoms with Gasteiger partial charge >= 0.3 is 13.7 Å². The van der Waals surface area contributed by atoms with E-state index in [4.69, 9.17) is 14.9 Å². The van der Waals surface area contributed by atoms with Gasteiger partial charge in [0.2, 0.25) is 0 Å². The largest absolute Gasteiger partial charge is 0.480 e. The van der Waals surface area contributed by atoms with Gasteiger partial charge in [0.05, 0.1) is 12.0 Å². The Balaban J connectivity index is 2.68. The molecule has 9 heteroatoms. The summed E-state index contributed by atoms with van der Waals surface area (Å²) in [6.07, 6.45) is 2.70. The molecule has 1 unspecified atom stereocenters. The Hall–Kier alpha value is -1.21. The zero-order valence-corrected chi connectivity index (χ0v) is 8.39. The molecular weight excluding hydrogens is 225 g/mol. The predicted octanol–water partition coefficient (Wildman–Crippen LogP) is -0.912. The Bertz CT molecular complexity index is 372. The van der Waals surface area contributed by atoms with Gasteiger partial charge in [0.1, 0.15) is 6.04 Å². The van der Waals surface area contributed by atoms with E-state index in [1.54, 1.807) is 5.09 Å². The molecule has 0 aliphatic carbocycles. The minimum atomic E-state index is -4.56. The van der Waals surface area contributed by atoms with Crippen LogP contribution < -0.4 is 5.09 Å². The molecule has 1 atom stereocenters. The summed E-state index contributed by atoms with van der Waals surface area (Å²) in [7, 11) is -4.56. The summed E-state index contributed by atoms with van der Waals surface area (Å²) in [4.78, 5) is 34.2. The smallest absolute Gasteiger partial charge is 0.401 e. The highest BCUT2D eigenvalue weighted by Gasteiger charge is 2.26. The van der Waals surface area contributed by atoms with Crippen LogP contribution in [0.25, 0.3) is 0 Å². The molecule has 8 nitrogen and oxygen atoms in total. The number of H-pyrrole nitrogens is 1. The maximum Gasteiger partial charge on any atom is 0.401 e. The van der Waals surface area contributed by atoms with Crippen molar-refractivity contribution >= 4 is 13.7 Å². The highest BCUT2D eigenvalue weighted by molar-refractivity contribution is 7.49. The number of aliphatic carboxylic acids is 1. The van der Waals surface area contributed by atoms with Gasteiger partial charge in [-0.15, -0.1) is 0 Å². The van der Waals surface area contributed by atoms with Gasteiger partial charge in [-0.3, -0.25) is 4.79 Å². The molecule has 1 rings (SSSR count). The molecule has 0 spiro atoms. The van der Waals surface area contributed by atoms with Crippen LogP contribution in [0.5, 0.6) is 0 Å². The zero-order valence-electron chi connectivity index (χ0n) is 7.49. The van der Waals surface area contributed by atoms with Crippen LogP contribution in [0.15, 0.2) is 12.5 Å². The van der Waals surface area contributed by atoms with E-state index in [0.29, 0.717) is 5.69 Å². The van der Waals surface area contributed by atoms with Crippen molar-refractivity contribution < 1.29 is 24.3 Å². The van der Waals surface area contributed by atoms with Crippen LogP contribution in [0.3, 0.4) is 0 Å². The van der Waals surface area contributed by atoms with E-state index in [1.807, 2.05) is 0 Å². The molecule has 0 fully saturated rings. The lowest BCUT2D eigenvalue weighted by molar-refractivity contribution is -0.139. The van der Waals surface area contributed by atoms with E-state index < -0.39 is 19.8 Å². The van der Waals surface area contributed by atoms with Gasteiger partial charge in [-0.05, 0) is 0 Å². The molecule has 0 saturated carbocycles. The van der Waals surface area contributed by atoms with Crippen molar-refractivity contribution in [3.05, 3.63) is 18.2 Å². The van der Waals surface area contributed by atoms with E-state index >= 15 is 0 Å². The third-order valence-corrected chi connectivity index (χ3v) is 2.24. The fourth-order valence-electron chi connectivity index (χ4n) is 1.00. The van der Waals surface area contributed by atoms with Crippen molar-refractivity contribution in [1.82, 2.24) is 15.1 Å². The number of carbonyl (C=O) groups is 1. The lowest BCUT2D eigenvalue weighted by atomic mass is 10.2. The van der Waals surface area contributed by atoms with Crippen molar-refractivity contribution in [3.8, 4) is 0 Å². The van der Waals surface area contributed by atoms with E-state index in [1.165, 1.54) is 12.5 Å². The number of aromatic nitrogens is 2. The van der Waals surface area contributed by atoms with Gasteiger partial charge in [-0.1, -0.05) is 0 Å². The van der Waals surface area contributed by atoms with Gasteiger partial charge in [0.15, 0.2) is 0 Å². The SMILES string of the molecule is O=C(O)C(Cc1c[nH]cn1)NP(=O)(O)O. The molecule has 5 N–H and O–H groups in total. The minimum Gasteiger partial charge on any atom is -0.480 e. The normalized spacial score (nSPS) is 13.7. The van der Waals surface area contributed by atoms with Gasteiger partial charge in [0, 0.05) is 12.6 Å². The van der Waals surface area contributed by atoms with E-state index in [2.05, 4.69) is 9.97 Å². The molecule has 0 saturated heterocycles. The first kappa shape index (κ1) is 11.9. The highest BCUT2D eigenvalue weighted by atomic mass is 31.2. The summed E-state index contributed by atoms with van der Waals surface area (Å²) in [5, 5.41) is 10.4. The molecule has 0 aliphatic rings. The molecule has 0 aromatic carbocycles. The Labute approximate surface area is 84.6 Å². The third-order valence-electron chi connectivity index (χ3n) is 1.59. The first-order valence-electron chi connectivity index (χ1n) is 3.92. The molecule has 0 bridgehead atoms. The maximum atomic E-state index is 10.7. The van der Waals surface area contributed by atoms with Crippen LogP contribution in [0.4, 0.5) is 0 Å². The van der Waals surface area contributed by atoms with Crippen molar-refractivity contribution in [2.45, 2.75) is 12.5 Å². The summed E-state index contributed by atoms with van der Waals surface area (Å²) >= 11 is 0. The first-order chi connectivity index (χ1) is 6.88. The lowest BCUT2D eigenvalue weighted by Crippen LogP contribution is -2.36. The summed E-state index contributed by atoms with van der Waals surface area (Å²) in [5.41, 5.74) is 0.406. The standard InChI is InChI=1S/C6H10N3O5P/c10-6(11)5(9-15(12,13)14)1-4-2-7-3-8-4/h2-3,5H,1H2,(H,7,8)(H,10,11)(H3,9,12,13,14). The number of nitrogens with one attached hydrogen (secondary N) is 2. The number of carboxylic acids is 1. The molecule has 1 heterocycles. The Morgan fingerprint density at radius 2 is 2.33 bits per heavy atom. The maximum absolute atomic E-state index is 10.7. The van der Waals surface area contributed by atoms with Crippen molar-refractivity contribution in [2.75, 3.05) is 0 Å². The second-order valence-electron chi connectivity index (χ2n) is 2.83. The van der Waals surface area contributed by atoms with E-state index in [0.717, 1.165) is 0 Å². The zero-order chi connectivity index (χ0) is 11.5. The van der Waals surface area contributed by atoms with Crippen LogP contribution in [0, 0.1) is 0 Å². The fraction of sp³-hybridized carbons (Fsp3) is 0.333. The Kier molecular flexibility index (Phi) is 3.59. The van der Waals surface area contributed by atoms with E-state index in [9.17, 15) is 9.36 Å². The molecule has 15 heavy (non-hydrogen) atoms. The summed E-state index contributed by atoms with van der Waals surface area (Å²) < 4.78 is 10.6. The van der Waals surface area contributed by atoms with Crippen molar-refractivity contribution in [3.63, 3.8) is 0 Å². The highest BCUT2D eigenvalue weighted by Crippen LogP contribution is 2.29. The molecule has 1 aromatic heterocycles. The van der Waals surface area contributed by atoms with Crippen LogP contribution in [0.1, 0.15) is 5.69 Å². The van der Waals surface area contributed by atoms with E-state index in [-0.39, 0.29) is 6.42 Å². The minimum absolute atomic E-state index is 0.107. The number of aromatic amines is 1. The predicted molar refractivity (Wildman–Crippen MR) is 48.9 cm³/mol. The van der Waals surface area contributed by atoms with Gasteiger partial charge in [0.25, 0.3) is 0 Å². The molecule has 1 aromatic rings. The summed E-state index contributed by atoms with van der Waals surface area (Å²) in [5.74, 6) is -1.35. The second kappa shape index (κ2) is 4.54. The molecule has 0 radical (unpaired) electrons. The average molecular weight is 235 g/mol. The Morgan fingerprint density at radius 3 is 2.73 bits per heavy atom. The van der Waals surface area contributed by atoms with Crippen molar-refractivity contribution in [2.24, 2.45) is 0 Å². The monoisotopic (exact) mass is 235 g/mol. The Morgan fingerprint density at radius 1 is 1.67 bits per heavy atom. The molecular formula is C6H10N3O5P. The van der Waals surface area contributed by atoms with Gasteiger partial charge < -0.3 is 19.9 Å². The van der Waals surface area contributed by atoms with Crippen LogP contribution in [0.2, 0.25) is 0 Å². The topological polar surface area (TPSA) is 136 Å². The average Bonchev–Trinajstić information content (AvgIpc) is 2.52. The number of nitrogens with zero attached hydrogens (tertiary/aromatic N) is 1. The summed E-state index contributed by atoms with van der Waals surface area (Å²) in [6.45, 7) is 0. The molecule has 84 valence electrons. The number of carboxylic acid groups (broad SMARTS) is 1. The van der Waals surface area contributed by atoms with Crippen LogP contribution >= 0.6 is 7.75 Å². The fourth-order valence-corrected chi connectivity index (χ4v) is 1.61. The lowest BCUT2D eigenvalue weighted by Gasteiger charge is -2.13. The third kappa shape index (κ3) is 4.22. The molecule has 0 amide bonds. The second-order valence-corrected chi connectivity index (χ2v) is 4.17. The first-order valence-corrected chi connectivity index (χ1v) is 5.53. The van der Waals surface area contributed by atoms with Gasteiger partial charge in [-0.2, -0.15) is 0 Å².